The second-order valence-corrected chi connectivity index (χ2v) is 3.45. The van der Waals surface area contributed by atoms with E-state index in [1.807, 2.05) is 0 Å². The van der Waals surface area contributed by atoms with Crippen molar-refractivity contribution in [1.29, 1.82) is 0 Å². The first-order valence-corrected chi connectivity index (χ1v) is 4.44. The zero-order valence-corrected chi connectivity index (χ0v) is 7.86. The van der Waals surface area contributed by atoms with Crippen LogP contribution < -0.4 is 4.74 Å². The van der Waals surface area contributed by atoms with Crippen LogP contribution >= 0.6 is 0 Å². The van der Waals surface area contributed by atoms with Gasteiger partial charge < -0.3 is 9.84 Å². The number of ether oxygens (including phenoxy) is 1. The van der Waals surface area contributed by atoms with Crippen molar-refractivity contribution >= 4 is 5.97 Å². The smallest absolute Gasteiger partial charge is 0.315 e. The van der Waals surface area contributed by atoms with E-state index in [-0.39, 0.29) is 0 Å². The molecule has 0 aromatic carbocycles. The first kappa shape index (κ1) is 8.99. The number of methoxy groups -OCH3 is 1. The van der Waals surface area contributed by atoms with Crippen molar-refractivity contribution in [3.05, 3.63) is 23.9 Å². The van der Waals surface area contributed by atoms with Gasteiger partial charge in [-0.25, -0.2) is 4.98 Å². The van der Waals surface area contributed by atoms with E-state index in [1.54, 1.807) is 18.2 Å². The minimum absolute atomic E-state index is 0.468. The van der Waals surface area contributed by atoms with Crippen LogP contribution in [0.3, 0.4) is 0 Å². The van der Waals surface area contributed by atoms with E-state index in [0.29, 0.717) is 24.4 Å². The van der Waals surface area contributed by atoms with Crippen LogP contribution in [0.5, 0.6) is 5.88 Å². The number of aliphatic carboxylic acids is 1. The molecule has 14 heavy (non-hydrogen) atoms. The van der Waals surface area contributed by atoms with Crippen LogP contribution in [0.2, 0.25) is 0 Å². The third kappa shape index (κ3) is 1.23. The molecule has 0 unspecified atom stereocenters. The lowest BCUT2D eigenvalue weighted by Gasteiger charge is -2.09. The van der Waals surface area contributed by atoms with Gasteiger partial charge in [0.25, 0.3) is 0 Å². The molecule has 0 radical (unpaired) electrons. The number of nitrogens with zero attached hydrogens (tertiary/aromatic N) is 1. The summed E-state index contributed by atoms with van der Waals surface area (Å²) in [5.41, 5.74) is -0.140. The molecule has 1 aromatic heterocycles. The third-order valence-electron chi connectivity index (χ3n) is 2.58. The average Bonchev–Trinajstić information content (AvgIpc) is 2.98. The normalized spacial score (nSPS) is 17.5. The van der Waals surface area contributed by atoms with E-state index in [2.05, 4.69) is 4.98 Å². The largest absolute Gasteiger partial charge is 0.481 e. The summed E-state index contributed by atoms with van der Waals surface area (Å²) in [5.74, 6) is -0.326. The van der Waals surface area contributed by atoms with Gasteiger partial charge in [-0.1, -0.05) is 6.07 Å². The SMILES string of the molecule is COc1cccc(C2(C(=O)O)CC2)n1. The Balaban J connectivity index is 2.37. The Bertz CT molecular complexity index is 371. The number of aromatic nitrogens is 1. The Labute approximate surface area is 81.5 Å². The number of pyridine rings is 1. The maximum atomic E-state index is 11.0. The molecule has 1 N–H and O–H groups in total. The monoisotopic (exact) mass is 193 g/mol. The molecule has 0 bridgehead atoms. The van der Waals surface area contributed by atoms with Crippen LogP contribution in [0.1, 0.15) is 18.5 Å². The lowest BCUT2D eigenvalue weighted by molar-refractivity contribution is -0.140. The van der Waals surface area contributed by atoms with E-state index in [1.165, 1.54) is 7.11 Å². The average molecular weight is 193 g/mol. The van der Waals surface area contributed by atoms with Gasteiger partial charge in [0.05, 0.1) is 12.8 Å². The minimum Gasteiger partial charge on any atom is -0.481 e. The number of rotatable bonds is 3. The molecule has 0 saturated heterocycles. The first-order chi connectivity index (χ1) is 6.69. The summed E-state index contributed by atoms with van der Waals surface area (Å²) in [6, 6.07) is 5.22. The van der Waals surface area contributed by atoms with E-state index in [4.69, 9.17) is 9.84 Å². The summed E-state index contributed by atoms with van der Waals surface area (Å²) >= 11 is 0. The van der Waals surface area contributed by atoms with Gasteiger partial charge in [-0.15, -0.1) is 0 Å². The topological polar surface area (TPSA) is 59.4 Å². The standard InChI is InChI=1S/C10H11NO3/c1-14-8-4-2-3-7(11-8)10(5-6-10)9(12)13/h2-4H,5-6H2,1H3,(H,12,13). The van der Waals surface area contributed by atoms with Crippen LogP contribution in [0.25, 0.3) is 0 Å². The third-order valence-corrected chi connectivity index (χ3v) is 2.58. The summed E-state index contributed by atoms with van der Waals surface area (Å²) in [7, 11) is 1.52. The molecule has 1 fully saturated rings. The maximum absolute atomic E-state index is 11.0. The summed E-state index contributed by atoms with van der Waals surface area (Å²) < 4.78 is 4.95. The Hall–Kier alpha value is -1.58. The van der Waals surface area contributed by atoms with Gasteiger partial charge in [0.1, 0.15) is 5.41 Å². The highest BCUT2D eigenvalue weighted by Crippen LogP contribution is 2.47. The van der Waals surface area contributed by atoms with Crippen LogP contribution in [0.4, 0.5) is 0 Å². The van der Waals surface area contributed by atoms with Gasteiger partial charge in [0.15, 0.2) is 0 Å². The Morgan fingerprint density at radius 2 is 2.29 bits per heavy atom. The quantitative estimate of drug-likeness (QED) is 0.783. The molecule has 1 heterocycles. The molecule has 0 amide bonds. The highest BCUT2D eigenvalue weighted by Gasteiger charge is 2.53. The van der Waals surface area contributed by atoms with Crippen LogP contribution in [0.15, 0.2) is 18.2 Å². The van der Waals surface area contributed by atoms with Gasteiger partial charge in [-0.2, -0.15) is 0 Å². The predicted octanol–water partition coefficient (Wildman–Crippen LogP) is 1.21. The molecule has 74 valence electrons. The van der Waals surface area contributed by atoms with Crippen molar-refractivity contribution in [2.75, 3.05) is 7.11 Å². The fourth-order valence-corrected chi connectivity index (χ4v) is 1.50. The zero-order chi connectivity index (χ0) is 10.2. The molecule has 0 spiro atoms. The van der Waals surface area contributed by atoms with Crippen LogP contribution in [-0.2, 0) is 10.2 Å². The summed E-state index contributed by atoms with van der Waals surface area (Å²) in [5, 5.41) is 9.04. The highest BCUT2D eigenvalue weighted by molar-refractivity contribution is 5.84. The number of hydrogen-bond donors (Lipinski definition) is 1. The number of carboxylic acid groups (broad SMARTS) is 1. The van der Waals surface area contributed by atoms with Gasteiger partial charge in [0.2, 0.25) is 5.88 Å². The van der Waals surface area contributed by atoms with Crippen molar-refractivity contribution in [3.8, 4) is 5.88 Å². The second-order valence-electron chi connectivity index (χ2n) is 3.45. The highest BCUT2D eigenvalue weighted by atomic mass is 16.5. The molecular weight excluding hydrogens is 182 g/mol. The summed E-state index contributed by atoms with van der Waals surface area (Å²) in [4.78, 5) is 15.1. The molecule has 4 heteroatoms. The van der Waals surface area contributed by atoms with Gasteiger partial charge in [0, 0.05) is 6.07 Å². The van der Waals surface area contributed by atoms with E-state index >= 15 is 0 Å². The van der Waals surface area contributed by atoms with Gasteiger partial charge >= 0.3 is 5.97 Å². The number of hydrogen-bond acceptors (Lipinski definition) is 3. The molecule has 1 aromatic rings. The van der Waals surface area contributed by atoms with Gasteiger partial charge in [-0.3, -0.25) is 4.79 Å². The summed E-state index contributed by atoms with van der Waals surface area (Å²) in [6.45, 7) is 0. The van der Waals surface area contributed by atoms with Gasteiger partial charge in [-0.05, 0) is 18.9 Å². The zero-order valence-electron chi connectivity index (χ0n) is 7.86. The molecule has 0 atom stereocenters. The molecule has 1 saturated carbocycles. The Morgan fingerprint density at radius 1 is 1.57 bits per heavy atom. The maximum Gasteiger partial charge on any atom is 0.315 e. The van der Waals surface area contributed by atoms with E-state index in [9.17, 15) is 4.79 Å². The summed E-state index contributed by atoms with van der Waals surface area (Å²) in [6.07, 6.45) is 1.34. The van der Waals surface area contributed by atoms with E-state index in [0.717, 1.165) is 0 Å². The lowest BCUT2D eigenvalue weighted by Crippen LogP contribution is -2.20. The van der Waals surface area contributed by atoms with Crippen molar-refractivity contribution in [2.24, 2.45) is 0 Å². The predicted molar refractivity (Wildman–Crippen MR) is 49.3 cm³/mol. The lowest BCUT2D eigenvalue weighted by atomic mass is 10.0. The fraction of sp³-hybridized carbons (Fsp3) is 0.400. The molecule has 1 aliphatic carbocycles. The fourth-order valence-electron chi connectivity index (χ4n) is 1.50. The van der Waals surface area contributed by atoms with Crippen molar-refractivity contribution in [3.63, 3.8) is 0 Å². The van der Waals surface area contributed by atoms with Crippen molar-refractivity contribution in [1.82, 2.24) is 4.98 Å². The van der Waals surface area contributed by atoms with E-state index < -0.39 is 11.4 Å². The van der Waals surface area contributed by atoms with Crippen LogP contribution in [-0.4, -0.2) is 23.2 Å². The van der Waals surface area contributed by atoms with Crippen molar-refractivity contribution in [2.45, 2.75) is 18.3 Å². The number of carboxylic acids is 1. The molecule has 4 nitrogen and oxygen atoms in total. The Kier molecular flexibility index (Phi) is 1.91. The minimum atomic E-state index is -0.793. The molecular formula is C10H11NO3. The molecule has 2 rings (SSSR count). The van der Waals surface area contributed by atoms with Crippen molar-refractivity contribution < 1.29 is 14.6 Å². The van der Waals surface area contributed by atoms with Crippen LogP contribution in [0, 0.1) is 0 Å². The first-order valence-electron chi connectivity index (χ1n) is 4.44. The Morgan fingerprint density at radius 3 is 2.79 bits per heavy atom. The second kappa shape index (κ2) is 2.97. The molecule has 1 aliphatic rings. The number of carbonyl (C=O) groups is 1. The molecule has 0 aliphatic heterocycles.